The third-order valence-electron chi connectivity index (χ3n) is 5.17. The Balaban J connectivity index is 1.80. The number of methoxy groups -OCH3 is 1. The van der Waals surface area contributed by atoms with Crippen molar-refractivity contribution in [2.45, 2.75) is 19.0 Å². The summed E-state index contributed by atoms with van der Waals surface area (Å²) in [7, 11) is 1.50. The summed E-state index contributed by atoms with van der Waals surface area (Å²) in [6, 6.07) is 11.0. The lowest BCUT2D eigenvalue weighted by Gasteiger charge is -2.25. The zero-order chi connectivity index (χ0) is 22.6. The lowest BCUT2D eigenvalue weighted by molar-refractivity contribution is -0.139. The number of benzene rings is 2. The topological polar surface area (TPSA) is 79.0 Å². The van der Waals surface area contributed by atoms with Gasteiger partial charge in [0.05, 0.1) is 6.61 Å². The molecule has 1 N–H and O–H groups in total. The van der Waals surface area contributed by atoms with Crippen molar-refractivity contribution >= 4 is 17.8 Å². The predicted molar refractivity (Wildman–Crippen MR) is 108 cm³/mol. The Morgan fingerprint density at radius 3 is 2.55 bits per heavy atom. The maximum absolute atomic E-state index is 14.3. The van der Waals surface area contributed by atoms with Crippen molar-refractivity contribution in [3.05, 3.63) is 71.3 Å². The maximum atomic E-state index is 14.3. The van der Waals surface area contributed by atoms with Crippen LogP contribution in [0.2, 0.25) is 0 Å². The van der Waals surface area contributed by atoms with Crippen LogP contribution in [0.5, 0.6) is 0 Å². The molecular formula is C22H23F2N3O4. The van der Waals surface area contributed by atoms with Crippen molar-refractivity contribution in [1.29, 1.82) is 0 Å². The highest BCUT2D eigenvalue weighted by Gasteiger charge is 2.51. The van der Waals surface area contributed by atoms with Gasteiger partial charge in [0.25, 0.3) is 5.91 Å². The molecule has 4 amide bonds. The number of ether oxygens (including phenoxy) is 1. The van der Waals surface area contributed by atoms with Gasteiger partial charge in [-0.05, 0) is 30.7 Å². The number of amides is 4. The van der Waals surface area contributed by atoms with Gasteiger partial charge in [-0.2, -0.15) is 0 Å². The molecule has 7 nitrogen and oxygen atoms in total. The van der Waals surface area contributed by atoms with E-state index in [0.29, 0.717) is 0 Å². The Labute approximate surface area is 178 Å². The monoisotopic (exact) mass is 431 g/mol. The zero-order valence-corrected chi connectivity index (χ0v) is 17.2. The summed E-state index contributed by atoms with van der Waals surface area (Å²) in [6.45, 7) is 1.53. The SMILES string of the molecule is COCCN(Cc1ccccc1)C(=O)CN1C(=O)NC(C)(c2cc(F)ccc2F)C1=O. The van der Waals surface area contributed by atoms with E-state index in [4.69, 9.17) is 4.74 Å². The highest BCUT2D eigenvalue weighted by atomic mass is 19.1. The average molecular weight is 431 g/mol. The van der Waals surface area contributed by atoms with Crippen LogP contribution in [0.25, 0.3) is 0 Å². The number of urea groups is 1. The second-order valence-corrected chi connectivity index (χ2v) is 7.36. The van der Waals surface area contributed by atoms with Crippen LogP contribution in [0.3, 0.4) is 0 Å². The molecule has 3 rings (SSSR count). The first-order valence-electron chi connectivity index (χ1n) is 9.66. The molecule has 0 spiro atoms. The molecule has 0 saturated carbocycles. The largest absolute Gasteiger partial charge is 0.383 e. The van der Waals surface area contributed by atoms with Crippen LogP contribution in [0.1, 0.15) is 18.1 Å². The molecule has 0 aromatic heterocycles. The van der Waals surface area contributed by atoms with Gasteiger partial charge >= 0.3 is 6.03 Å². The molecular weight excluding hydrogens is 408 g/mol. The first-order valence-corrected chi connectivity index (χ1v) is 9.66. The van der Waals surface area contributed by atoms with Gasteiger partial charge in [-0.25, -0.2) is 13.6 Å². The lowest BCUT2D eigenvalue weighted by atomic mass is 9.91. The molecule has 31 heavy (non-hydrogen) atoms. The molecule has 1 aliphatic heterocycles. The minimum absolute atomic E-state index is 0.254. The van der Waals surface area contributed by atoms with Crippen LogP contribution in [-0.4, -0.2) is 54.5 Å². The van der Waals surface area contributed by atoms with E-state index in [-0.39, 0.29) is 25.3 Å². The quantitative estimate of drug-likeness (QED) is 0.651. The zero-order valence-electron chi connectivity index (χ0n) is 17.2. The van der Waals surface area contributed by atoms with Crippen LogP contribution < -0.4 is 5.32 Å². The average Bonchev–Trinajstić information content (AvgIpc) is 2.97. The Morgan fingerprint density at radius 1 is 1.16 bits per heavy atom. The summed E-state index contributed by atoms with van der Waals surface area (Å²) in [5.41, 5.74) is -1.25. The molecule has 1 heterocycles. The van der Waals surface area contributed by atoms with Gasteiger partial charge in [0.15, 0.2) is 0 Å². The number of halogens is 2. The summed E-state index contributed by atoms with van der Waals surface area (Å²) in [5, 5.41) is 2.39. The molecule has 2 aromatic carbocycles. The van der Waals surface area contributed by atoms with Crippen molar-refractivity contribution in [1.82, 2.24) is 15.1 Å². The number of carbonyl (C=O) groups is 3. The third kappa shape index (κ3) is 4.72. The van der Waals surface area contributed by atoms with Crippen LogP contribution in [-0.2, 0) is 26.4 Å². The van der Waals surface area contributed by atoms with E-state index >= 15 is 0 Å². The van der Waals surface area contributed by atoms with Gasteiger partial charge in [-0.1, -0.05) is 30.3 Å². The van der Waals surface area contributed by atoms with Crippen molar-refractivity contribution in [3.8, 4) is 0 Å². The summed E-state index contributed by atoms with van der Waals surface area (Å²) in [6.07, 6.45) is 0. The second kappa shape index (κ2) is 9.22. The Kier molecular flexibility index (Phi) is 6.65. The number of hydrogen-bond acceptors (Lipinski definition) is 4. The molecule has 1 saturated heterocycles. The number of nitrogens with zero attached hydrogens (tertiary/aromatic N) is 2. The van der Waals surface area contributed by atoms with E-state index in [2.05, 4.69) is 5.32 Å². The molecule has 1 atom stereocenters. The summed E-state index contributed by atoms with van der Waals surface area (Å²) < 4.78 is 33.0. The molecule has 0 aliphatic carbocycles. The smallest absolute Gasteiger partial charge is 0.325 e. The molecule has 0 bridgehead atoms. The normalized spacial score (nSPS) is 18.3. The Hall–Kier alpha value is -3.33. The Morgan fingerprint density at radius 2 is 1.87 bits per heavy atom. The van der Waals surface area contributed by atoms with Gasteiger partial charge in [0, 0.05) is 25.8 Å². The fourth-order valence-corrected chi connectivity index (χ4v) is 3.44. The number of hydrogen-bond donors (Lipinski definition) is 1. The standard InChI is InChI=1S/C22H23F2N3O4/c1-22(17-12-16(23)8-9-18(17)24)20(29)27(21(30)25-22)14-19(28)26(10-11-31-2)13-15-6-4-3-5-7-15/h3-9,12H,10-11,13-14H2,1-2H3,(H,25,30). The highest BCUT2D eigenvalue weighted by molar-refractivity contribution is 6.09. The van der Waals surface area contributed by atoms with E-state index in [9.17, 15) is 23.2 Å². The minimum atomic E-state index is -1.82. The lowest BCUT2D eigenvalue weighted by Crippen LogP contribution is -2.45. The molecule has 1 unspecified atom stereocenters. The maximum Gasteiger partial charge on any atom is 0.325 e. The third-order valence-corrected chi connectivity index (χ3v) is 5.17. The van der Waals surface area contributed by atoms with E-state index in [1.165, 1.54) is 18.9 Å². The first kappa shape index (κ1) is 22.4. The number of rotatable bonds is 8. The van der Waals surface area contributed by atoms with Crippen molar-refractivity contribution in [3.63, 3.8) is 0 Å². The fraction of sp³-hybridized carbons (Fsp3) is 0.318. The Bertz CT molecular complexity index is 986. The number of nitrogens with one attached hydrogen (secondary N) is 1. The van der Waals surface area contributed by atoms with E-state index < -0.39 is 41.6 Å². The van der Waals surface area contributed by atoms with E-state index in [1.807, 2.05) is 30.3 Å². The summed E-state index contributed by atoms with van der Waals surface area (Å²) in [5.74, 6) is -2.89. The minimum Gasteiger partial charge on any atom is -0.383 e. The first-order chi connectivity index (χ1) is 14.8. The number of carbonyl (C=O) groups excluding carboxylic acids is 3. The number of imide groups is 1. The second-order valence-electron chi connectivity index (χ2n) is 7.36. The molecule has 1 aliphatic rings. The highest BCUT2D eigenvalue weighted by Crippen LogP contribution is 2.31. The van der Waals surface area contributed by atoms with E-state index in [1.54, 1.807) is 0 Å². The van der Waals surface area contributed by atoms with Crippen LogP contribution >= 0.6 is 0 Å². The predicted octanol–water partition coefficient (Wildman–Crippen LogP) is 2.41. The van der Waals surface area contributed by atoms with Crippen LogP contribution in [0, 0.1) is 11.6 Å². The molecule has 1 fully saturated rings. The van der Waals surface area contributed by atoms with Gasteiger partial charge in [0.1, 0.15) is 23.7 Å². The van der Waals surface area contributed by atoms with Crippen molar-refractivity contribution < 1.29 is 27.9 Å². The van der Waals surface area contributed by atoms with Gasteiger partial charge in [-0.15, -0.1) is 0 Å². The molecule has 164 valence electrons. The van der Waals surface area contributed by atoms with Gasteiger partial charge in [-0.3, -0.25) is 14.5 Å². The van der Waals surface area contributed by atoms with Crippen molar-refractivity contribution in [2.75, 3.05) is 26.8 Å². The van der Waals surface area contributed by atoms with Gasteiger partial charge in [0.2, 0.25) is 5.91 Å². The molecule has 2 aromatic rings. The molecule has 0 radical (unpaired) electrons. The summed E-state index contributed by atoms with van der Waals surface area (Å²) in [4.78, 5) is 40.6. The van der Waals surface area contributed by atoms with Crippen LogP contribution in [0.4, 0.5) is 13.6 Å². The van der Waals surface area contributed by atoms with Crippen molar-refractivity contribution in [2.24, 2.45) is 0 Å². The van der Waals surface area contributed by atoms with E-state index in [0.717, 1.165) is 28.7 Å². The van der Waals surface area contributed by atoms with Gasteiger partial charge < -0.3 is 15.0 Å². The fourth-order valence-electron chi connectivity index (χ4n) is 3.44. The van der Waals surface area contributed by atoms with Crippen LogP contribution in [0.15, 0.2) is 48.5 Å². The summed E-state index contributed by atoms with van der Waals surface area (Å²) >= 11 is 0. The molecule has 9 heteroatoms.